The first-order chi connectivity index (χ1) is 7.50. The molecule has 1 fully saturated rings. The lowest BCUT2D eigenvalue weighted by molar-refractivity contribution is -0.386. The van der Waals surface area contributed by atoms with E-state index in [4.69, 9.17) is 16.3 Å². The second kappa shape index (κ2) is 3.92. The Bertz CT molecular complexity index is 432. The van der Waals surface area contributed by atoms with Crippen molar-refractivity contribution in [3.63, 3.8) is 0 Å². The minimum absolute atomic E-state index is 0.0578. The summed E-state index contributed by atoms with van der Waals surface area (Å²) in [5, 5.41) is 14.3. The zero-order chi connectivity index (χ0) is 11.8. The molecule has 2 rings (SSSR count). The van der Waals surface area contributed by atoms with E-state index in [0.717, 1.165) is 0 Å². The Labute approximate surface area is 97.5 Å². The van der Waals surface area contributed by atoms with Crippen molar-refractivity contribution in [1.29, 1.82) is 0 Å². The molecule has 1 N–H and O–H groups in total. The van der Waals surface area contributed by atoms with Crippen LogP contribution in [0.25, 0.3) is 0 Å². The number of hydrogen-bond donors (Lipinski definition) is 1. The first-order valence-corrected chi connectivity index (χ1v) is 5.22. The molecule has 1 aliphatic heterocycles. The Hall–Kier alpha value is -1.33. The van der Waals surface area contributed by atoms with E-state index in [9.17, 15) is 10.1 Å². The lowest BCUT2D eigenvalue weighted by Gasteiger charge is -2.39. The minimum Gasteiger partial charge on any atom is -0.478 e. The largest absolute Gasteiger partial charge is 0.478 e. The zero-order valence-corrected chi connectivity index (χ0v) is 9.45. The molecule has 0 bridgehead atoms. The maximum atomic E-state index is 10.8. The number of hydrogen-bond acceptors (Lipinski definition) is 4. The SMILES string of the molecule is CC1(Oc2cc(Cl)ccc2[N+](=O)[O-])CNC1. The standard InChI is InChI=1S/C10H11ClN2O3/c1-10(5-12-6-10)16-9-4-7(11)2-3-8(9)13(14)15/h2-4,12H,5-6H2,1H3. The van der Waals surface area contributed by atoms with Crippen molar-refractivity contribution in [2.24, 2.45) is 0 Å². The van der Waals surface area contributed by atoms with Crippen molar-refractivity contribution in [2.45, 2.75) is 12.5 Å². The average Bonchev–Trinajstić information content (AvgIpc) is 2.15. The average molecular weight is 243 g/mol. The van der Waals surface area contributed by atoms with Crippen LogP contribution in [0.5, 0.6) is 5.75 Å². The van der Waals surface area contributed by atoms with Crippen LogP contribution >= 0.6 is 11.6 Å². The molecular formula is C10H11ClN2O3. The summed E-state index contributed by atoms with van der Waals surface area (Å²) in [6.45, 7) is 3.25. The number of nitro benzene ring substituents is 1. The van der Waals surface area contributed by atoms with Gasteiger partial charge in [0, 0.05) is 30.2 Å². The highest BCUT2D eigenvalue weighted by Gasteiger charge is 2.35. The molecule has 5 nitrogen and oxygen atoms in total. The smallest absolute Gasteiger partial charge is 0.311 e. The second-order valence-corrected chi connectivity index (χ2v) is 4.46. The first kappa shape index (κ1) is 11.2. The van der Waals surface area contributed by atoms with E-state index in [1.54, 1.807) is 0 Å². The molecule has 1 aromatic rings. The van der Waals surface area contributed by atoms with Gasteiger partial charge in [-0.15, -0.1) is 0 Å². The van der Waals surface area contributed by atoms with Gasteiger partial charge >= 0.3 is 5.69 Å². The van der Waals surface area contributed by atoms with Crippen molar-refractivity contribution in [3.05, 3.63) is 33.3 Å². The normalized spacial score (nSPS) is 17.6. The van der Waals surface area contributed by atoms with E-state index in [0.29, 0.717) is 18.1 Å². The number of nitro groups is 1. The Morgan fingerprint density at radius 1 is 1.56 bits per heavy atom. The van der Waals surface area contributed by atoms with E-state index in [-0.39, 0.29) is 17.0 Å². The van der Waals surface area contributed by atoms with E-state index in [1.807, 2.05) is 6.92 Å². The van der Waals surface area contributed by atoms with E-state index < -0.39 is 4.92 Å². The minimum atomic E-state index is -0.471. The van der Waals surface area contributed by atoms with Crippen LogP contribution in [-0.4, -0.2) is 23.6 Å². The van der Waals surface area contributed by atoms with Crippen LogP contribution in [0.4, 0.5) is 5.69 Å². The van der Waals surface area contributed by atoms with Crippen LogP contribution in [0.15, 0.2) is 18.2 Å². The first-order valence-electron chi connectivity index (χ1n) is 4.84. The van der Waals surface area contributed by atoms with Crippen molar-refractivity contribution in [2.75, 3.05) is 13.1 Å². The van der Waals surface area contributed by atoms with Gasteiger partial charge in [-0.1, -0.05) is 11.6 Å². The molecule has 6 heteroatoms. The topological polar surface area (TPSA) is 64.4 Å². The van der Waals surface area contributed by atoms with Gasteiger partial charge in [0.1, 0.15) is 5.60 Å². The highest BCUT2D eigenvalue weighted by atomic mass is 35.5. The van der Waals surface area contributed by atoms with Crippen molar-refractivity contribution in [1.82, 2.24) is 5.32 Å². The van der Waals surface area contributed by atoms with E-state index in [1.165, 1.54) is 18.2 Å². The highest BCUT2D eigenvalue weighted by Crippen LogP contribution is 2.33. The van der Waals surface area contributed by atoms with Gasteiger partial charge in [-0.05, 0) is 13.0 Å². The van der Waals surface area contributed by atoms with E-state index in [2.05, 4.69) is 5.32 Å². The molecule has 1 aliphatic rings. The van der Waals surface area contributed by atoms with Crippen molar-refractivity contribution >= 4 is 17.3 Å². The molecule has 0 radical (unpaired) electrons. The summed E-state index contributed by atoms with van der Waals surface area (Å²) in [7, 11) is 0. The van der Waals surface area contributed by atoms with E-state index >= 15 is 0 Å². The predicted octanol–water partition coefficient (Wildman–Crippen LogP) is 1.99. The molecule has 1 aromatic carbocycles. The summed E-state index contributed by atoms with van der Waals surface area (Å²) >= 11 is 5.79. The zero-order valence-electron chi connectivity index (χ0n) is 8.70. The van der Waals surface area contributed by atoms with Crippen LogP contribution in [0.2, 0.25) is 5.02 Å². The summed E-state index contributed by atoms with van der Waals surface area (Å²) in [6, 6.07) is 4.31. The molecule has 0 saturated carbocycles. The Morgan fingerprint density at radius 2 is 2.25 bits per heavy atom. The van der Waals surface area contributed by atoms with Crippen molar-refractivity contribution < 1.29 is 9.66 Å². The lowest BCUT2D eigenvalue weighted by Crippen LogP contribution is -2.61. The maximum absolute atomic E-state index is 10.8. The molecule has 1 saturated heterocycles. The summed E-state index contributed by atoms with van der Waals surface area (Å²) in [6.07, 6.45) is 0. The van der Waals surface area contributed by atoms with Crippen LogP contribution in [0, 0.1) is 10.1 Å². The maximum Gasteiger partial charge on any atom is 0.311 e. The third kappa shape index (κ3) is 2.10. The molecular weight excluding hydrogens is 232 g/mol. The summed E-state index contributed by atoms with van der Waals surface area (Å²) in [4.78, 5) is 10.3. The van der Waals surface area contributed by atoms with Crippen LogP contribution in [0.1, 0.15) is 6.92 Å². The molecule has 1 heterocycles. The third-order valence-electron chi connectivity index (χ3n) is 2.47. The number of rotatable bonds is 3. The van der Waals surface area contributed by atoms with Gasteiger partial charge in [-0.3, -0.25) is 10.1 Å². The van der Waals surface area contributed by atoms with Gasteiger partial charge in [0.15, 0.2) is 5.75 Å². The monoisotopic (exact) mass is 242 g/mol. The predicted molar refractivity (Wildman–Crippen MR) is 60.0 cm³/mol. The summed E-state index contributed by atoms with van der Waals surface area (Å²) in [5.74, 6) is 0.224. The quantitative estimate of drug-likeness (QED) is 0.650. The highest BCUT2D eigenvalue weighted by molar-refractivity contribution is 6.30. The number of benzene rings is 1. The van der Waals surface area contributed by atoms with Crippen LogP contribution < -0.4 is 10.1 Å². The molecule has 86 valence electrons. The molecule has 16 heavy (non-hydrogen) atoms. The Kier molecular flexibility index (Phi) is 2.73. The lowest BCUT2D eigenvalue weighted by atomic mass is 10.00. The molecule has 0 aliphatic carbocycles. The fourth-order valence-electron chi connectivity index (χ4n) is 1.54. The third-order valence-corrected chi connectivity index (χ3v) is 2.71. The number of nitrogens with zero attached hydrogens (tertiary/aromatic N) is 1. The summed E-state index contributed by atoms with van der Waals surface area (Å²) < 4.78 is 5.62. The van der Waals surface area contributed by atoms with Gasteiger partial charge in [0.2, 0.25) is 0 Å². The van der Waals surface area contributed by atoms with Crippen LogP contribution in [0.3, 0.4) is 0 Å². The van der Waals surface area contributed by atoms with Crippen LogP contribution in [-0.2, 0) is 0 Å². The summed E-state index contributed by atoms with van der Waals surface area (Å²) in [5.41, 5.74) is -0.437. The van der Waals surface area contributed by atoms with Gasteiger partial charge in [-0.25, -0.2) is 0 Å². The molecule has 0 atom stereocenters. The Balaban J connectivity index is 2.30. The van der Waals surface area contributed by atoms with Gasteiger partial charge < -0.3 is 10.1 Å². The Morgan fingerprint density at radius 3 is 2.75 bits per heavy atom. The second-order valence-electron chi connectivity index (χ2n) is 4.02. The number of nitrogens with one attached hydrogen (secondary N) is 1. The molecule has 0 spiro atoms. The number of halogens is 1. The molecule has 0 amide bonds. The fraction of sp³-hybridized carbons (Fsp3) is 0.400. The van der Waals surface area contributed by atoms with Gasteiger partial charge in [0.25, 0.3) is 0 Å². The van der Waals surface area contributed by atoms with Gasteiger partial charge in [-0.2, -0.15) is 0 Å². The number of ether oxygens (including phenoxy) is 1. The molecule has 0 unspecified atom stereocenters. The van der Waals surface area contributed by atoms with Gasteiger partial charge in [0.05, 0.1) is 4.92 Å². The fourth-order valence-corrected chi connectivity index (χ4v) is 1.70. The molecule has 0 aromatic heterocycles. The van der Waals surface area contributed by atoms with Crippen molar-refractivity contribution in [3.8, 4) is 5.75 Å².